The van der Waals surface area contributed by atoms with Gasteiger partial charge in [-0.25, -0.2) is 9.78 Å². The minimum Gasteiger partial charge on any atom is -0.408 e. The molecule has 1 aliphatic heterocycles. The van der Waals surface area contributed by atoms with Gasteiger partial charge in [0.25, 0.3) is 0 Å². The predicted molar refractivity (Wildman–Crippen MR) is 94.1 cm³/mol. The lowest BCUT2D eigenvalue weighted by molar-refractivity contribution is 0.476. The Balaban J connectivity index is 0.00000157. The molecule has 1 aromatic carbocycles. The molecule has 0 fully saturated rings. The Morgan fingerprint density at radius 2 is 2.16 bits per heavy atom. The van der Waals surface area contributed by atoms with Crippen LogP contribution in [0.25, 0.3) is 28.3 Å². The first-order valence-corrected chi connectivity index (χ1v) is 7.72. The molecule has 0 amide bonds. The van der Waals surface area contributed by atoms with Crippen molar-refractivity contribution in [1.82, 2.24) is 29.6 Å². The summed E-state index contributed by atoms with van der Waals surface area (Å²) < 4.78 is 9.10. The number of imidazole rings is 1. The van der Waals surface area contributed by atoms with Crippen LogP contribution in [-0.4, -0.2) is 30.9 Å². The average Bonchev–Trinajstić information content (AvgIpc) is 3.29. The summed E-state index contributed by atoms with van der Waals surface area (Å²) in [4.78, 5) is 18.4. The van der Waals surface area contributed by atoms with E-state index in [0.29, 0.717) is 11.1 Å². The molecule has 2 N–H and O–H groups in total. The van der Waals surface area contributed by atoms with Gasteiger partial charge in [-0.15, -0.1) is 12.4 Å². The number of benzene rings is 1. The molecule has 0 unspecified atom stereocenters. The first kappa shape index (κ1) is 15.7. The van der Waals surface area contributed by atoms with E-state index in [9.17, 15) is 4.79 Å². The number of rotatable bonds is 2. The Labute approximate surface area is 147 Å². The number of hydrogen-bond acceptors (Lipinski definition) is 5. The van der Waals surface area contributed by atoms with Crippen molar-refractivity contribution in [2.45, 2.75) is 13.1 Å². The number of nitrogens with zero attached hydrogens (tertiary/aromatic N) is 4. The molecular weight excluding hydrogens is 344 g/mol. The van der Waals surface area contributed by atoms with Gasteiger partial charge in [-0.05, 0) is 18.2 Å². The van der Waals surface area contributed by atoms with Crippen molar-refractivity contribution < 1.29 is 4.42 Å². The normalized spacial score (nSPS) is 13.6. The van der Waals surface area contributed by atoms with E-state index in [-0.39, 0.29) is 12.4 Å². The van der Waals surface area contributed by atoms with E-state index in [1.54, 1.807) is 6.20 Å². The van der Waals surface area contributed by atoms with E-state index >= 15 is 0 Å². The Kier molecular flexibility index (Phi) is 3.70. The van der Waals surface area contributed by atoms with Crippen molar-refractivity contribution >= 4 is 23.5 Å². The molecule has 0 atom stereocenters. The van der Waals surface area contributed by atoms with Crippen molar-refractivity contribution in [3.05, 3.63) is 52.9 Å². The number of hydrogen-bond donors (Lipinski definition) is 2. The number of nitrogens with one attached hydrogen (secondary N) is 2. The van der Waals surface area contributed by atoms with Crippen LogP contribution in [0.5, 0.6) is 0 Å². The molecule has 4 heterocycles. The zero-order valence-electron chi connectivity index (χ0n) is 13.1. The van der Waals surface area contributed by atoms with E-state index in [0.717, 1.165) is 42.5 Å². The maximum absolute atomic E-state index is 11.3. The van der Waals surface area contributed by atoms with Gasteiger partial charge in [0.1, 0.15) is 5.69 Å². The smallest absolute Gasteiger partial charge is 0.408 e. The molecule has 0 saturated heterocycles. The SMILES string of the molecule is Cl.O=c1[nH]c2ccc(-n3ccnc3-c3cc4n(n3)CCNC4)cc2o1. The third-order valence-electron chi connectivity index (χ3n) is 4.22. The van der Waals surface area contributed by atoms with Crippen molar-refractivity contribution in [2.75, 3.05) is 6.54 Å². The Morgan fingerprint density at radius 3 is 3.04 bits per heavy atom. The van der Waals surface area contributed by atoms with E-state index in [1.807, 2.05) is 33.6 Å². The second-order valence-corrected chi connectivity index (χ2v) is 5.74. The third-order valence-corrected chi connectivity index (χ3v) is 4.22. The highest BCUT2D eigenvalue weighted by molar-refractivity contribution is 5.85. The topological polar surface area (TPSA) is 93.7 Å². The van der Waals surface area contributed by atoms with Gasteiger partial charge in [0.2, 0.25) is 0 Å². The van der Waals surface area contributed by atoms with Crippen LogP contribution < -0.4 is 11.1 Å². The number of fused-ring (bicyclic) bond motifs is 2. The summed E-state index contributed by atoms with van der Waals surface area (Å²) in [6.45, 7) is 2.59. The first-order valence-electron chi connectivity index (χ1n) is 7.72. The first-order chi connectivity index (χ1) is 11.8. The van der Waals surface area contributed by atoms with Gasteiger partial charge in [-0.1, -0.05) is 0 Å². The molecule has 0 bridgehead atoms. The summed E-state index contributed by atoms with van der Waals surface area (Å²) in [6, 6.07) is 7.61. The molecule has 3 aromatic heterocycles. The van der Waals surface area contributed by atoms with Crippen LogP contribution in [0, 0.1) is 0 Å². The number of aromatic nitrogens is 5. The highest BCUT2D eigenvalue weighted by atomic mass is 35.5. The quantitative estimate of drug-likeness (QED) is 0.569. The Morgan fingerprint density at radius 1 is 1.24 bits per heavy atom. The van der Waals surface area contributed by atoms with Crippen molar-refractivity contribution in [3.8, 4) is 17.2 Å². The minimum absolute atomic E-state index is 0. The molecule has 0 aliphatic carbocycles. The van der Waals surface area contributed by atoms with E-state index in [2.05, 4.69) is 26.4 Å². The molecule has 0 saturated carbocycles. The van der Waals surface area contributed by atoms with Crippen LogP contribution in [0.1, 0.15) is 5.69 Å². The van der Waals surface area contributed by atoms with Crippen LogP contribution in [0.2, 0.25) is 0 Å². The van der Waals surface area contributed by atoms with Crippen LogP contribution in [-0.2, 0) is 13.1 Å². The molecule has 0 spiro atoms. The van der Waals surface area contributed by atoms with Crippen LogP contribution in [0.15, 0.2) is 45.9 Å². The average molecular weight is 359 g/mol. The summed E-state index contributed by atoms with van der Waals surface area (Å²) in [5.41, 5.74) is 4.04. The van der Waals surface area contributed by atoms with E-state index in [4.69, 9.17) is 4.42 Å². The predicted octanol–water partition coefficient (Wildman–Crippen LogP) is 1.70. The molecular formula is C16H15ClN6O2. The molecule has 9 heteroatoms. The standard InChI is InChI=1S/C16H14N6O2.ClH/c23-16-19-12-2-1-10(8-14(12)24-16)21-5-4-18-15(21)13-7-11-9-17-3-6-22(11)20-13;/h1-2,4-5,7-8,17H,3,6,9H2,(H,19,23);1H. The lowest BCUT2D eigenvalue weighted by Crippen LogP contribution is -2.28. The van der Waals surface area contributed by atoms with E-state index < -0.39 is 5.76 Å². The van der Waals surface area contributed by atoms with Crippen molar-refractivity contribution in [1.29, 1.82) is 0 Å². The summed E-state index contributed by atoms with van der Waals surface area (Å²) in [7, 11) is 0. The second-order valence-electron chi connectivity index (χ2n) is 5.74. The lowest BCUT2D eigenvalue weighted by atomic mass is 10.2. The molecule has 5 rings (SSSR count). The Bertz CT molecular complexity index is 1080. The van der Waals surface area contributed by atoms with Gasteiger partial charge in [0.05, 0.1) is 23.4 Å². The fourth-order valence-electron chi connectivity index (χ4n) is 3.09. The monoisotopic (exact) mass is 358 g/mol. The van der Waals surface area contributed by atoms with Gasteiger partial charge < -0.3 is 9.73 Å². The number of halogens is 1. The van der Waals surface area contributed by atoms with Crippen LogP contribution in [0.3, 0.4) is 0 Å². The molecule has 8 nitrogen and oxygen atoms in total. The number of aromatic amines is 1. The fraction of sp³-hybridized carbons (Fsp3) is 0.188. The van der Waals surface area contributed by atoms with Gasteiger partial charge in [-0.2, -0.15) is 5.10 Å². The summed E-state index contributed by atoms with van der Waals surface area (Å²) in [5, 5.41) is 7.99. The minimum atomic E-state index is -0.456. The fourth-order valence-corrected chi connectivity index (χ4v) is 3.09. The summed E-state index contributed by atoms with van der Waals surface area (Å²) in [6.07, 6.45) is 3.61. The Hall–Kier alpha value is -2.84. The maximum atomic E-state index is 11.3. The molecule has 1 aliphatic rings. The van der Waals surface area contributed by atoms with Gasteiger partial charge in [0.15, 0.2) is 11.4 Å². The lowest BCUT2D eigenvalue weighted by Gasteiger charge is -2.13. The molecule has 128 valence electrons. The summed E-state index contributed by atoms with van der Waals surface area (Å²) >= 11 is 0. The number of oxazole rings is 1. The van der Waals surface area contributed by atoms with Gasteiger partial charge in [0, 0.05) is 31.5 Å². The van der Waals surface area contributed by atoms with E-state index in [1.165, 1.54) is 0 Å². The van der Waals surface area contributed by atoms with Crippen molar-refractivity contribution in [3.63, 3.8) is 0 Å². The maximum Gasteiger partial charge on any atom is 0.417 e. The largest absolute Gasteiger partial charge is 0.417 e. The highest BCUT2D eigenvalue weighted by Gasteiger charge is 2.17. The zero-order valence-corrected chi connectivity index (χ0v) is 13.9. The second kappa shape index (κ2) is 5.91. The summed E-state index contributed by atoms with van der Waals surface area (Å²) in [5.74, 6) is 0.302. The van der Waals surface area contributed by atoms with Gasteiger partial charge in [-0.3, -0.25) is 14.2 Å². The zero-order chi connectivity index (χ0) is 16.1. The highest BCUT2D eigenvalue weighted by Crippen LogP contribution is 2.24. The molecule has 4 aromatic rings. The third kappa shape index (κ3) is 2.55. The van der Waals surface area contributed by atoms with Crippen molar-refractivity contribution in [2.24, 2.45) is 0 Å². The van der Waals surface area contributed by atoms with Gasteiger partial charge >= 0.3 is 5.76 Å². The molecule has 25 heavy (non-hydrogen) atoms. The number of H-pyrrole nitrogens is 1. The van der Waals surface area contributed by atoms with Crippen LogP contribution >= 0.6 is 12.4 Å². The molecule has 0 radical (unpaired) electrons. The van der Waals surface area contributed by atoms with Crippen LogP contribution in [0.4, 0.5) is 0 Å².